The fraction of sp³-hybridized carbons (Fsp3) is 0.312. The van der Waals surface area contributed by atoms with Gasteiger partial charge in [0.15, 0.2) is 11.6 Å². The van der Waals surface area contributed by atoms with Crippen molar-refractivity contribution in [3.63, 3.8) is 0 Å². The number of hydrogen-bond acceptors (Lipinski definition) is 6. The minimum absolute atomic E-state index is 0.156. The second-order valence-corrected chi connectivity index (χ2v) is 5.49. The van der Waals surface area contributed by atoms with Crippen LogP contribution in [0.25, 0.3) is 0 Å². The van der Waals surface area contributed by atoms with E-state index in [2.05, 4.69) is 25.7 Å². The van der Waals surface area contributed by atoms with Gasteiger partial charge in [-0.2, -0.15) is 0 Å². The van der Waals surface area contributed by atoms with Gasteiger partial charge in [0.1, 0.15) is 12.0 Å². The van der Waals surface area contributed by atoms with Crippen LogP contribution in [0.4, 0.5) is 17.3 Å². The van der Waals surface area contributed by atoms with Gasteiger partial charge in [0.05, 0.1) is 6.42 Å². The summed E-state index contributed by atoms with van der Waals surface area (Å²) in [7, 11) is 0. The lowest BCUT2D eigenvalue weighted by atomic mass is 10.1. The predicted molar refractivity (Wildman–Crippen MR) is 89.8 cm³/mol. The number of carbonyl (C=O) groups excluding carboxylic acids is 1. The van der Waals surface area contributed by atoms with E-state index in [-0.39, 0.29) is 12.3 Å². The lowest BCUT2D eigenvalue weighted by molar-refractivity contribution is -0.119. The molecule has 0 atom stereocenters. The van der Waals surface area contributed by atoms with Crippen molar-refractivity contribution in [2.75, 3.05) is 29.1 Å². The van der Waals surface area contributed by atoms with Gasteiger partial charge in [0, 0.05) is 13.1 Å². The molecule has 4 N–H and O–H groups in total. The highest BCUT2D eigenvalue weighted by Gasteiger charge is 2.18. The number of aromatic nitrogens is 2. The van der Waals surface area contributed by atoms with Crippen LogP contribution in [0.2, 0.25) is 0 Å². The second kappa shape index (κ2) is 6.95. The first-order valence-electron chi connectivity index (χ1n) is 7.68. The van der Waals surface area contributed by atoms with Crippen molar-refractivity contribution in [1.82, 2.24) is 15.4 Å². The summed E-state index contributed by atoms with van der Waals surface area (Å²) in [5.74, 6) is 0.984. The zero-order chi connectivity index (χ0) is 16.1. The van der Waals surface area contributed by atoms with E-state index in [4.69, 9.17) is 5.73 Å². The number of rotatable bonds is 5. The van der Waals surface area contributed by atoms with Crippen molar-refractivity contribution in [2.45, 2.75) is 19.3 Å². The summed E-state index contributed by atoms with van der Waals surface area (Å²) < 4.78 is 0. The summed E-state index contributed by atoms with van der Waals surface area (Å²) in [5, 5.41) is 0. The highest BCUT2D eigenvalue weighted by molar-refractivity contribution is 5.82. The van der Waals surface area contributed by atoms with Crippen LogP contribution < -0.4 is 21.5 Å². The van der Waals surface area contributed by atoms with Gasteiger partial charge in [0.25, 0.3) is 0 Å². The fourth-order valence-corrected chi connectivity index (χ4v) is 2.62. The number of anilines is 3. The van der Waals surface area contributed by atoms with Crippen molar-refractivity contribution in [3.05, 3.63) is 42.2 Å². The lowest BCUT2D eigenvalue weighted by Crippen LogP contribution is -2.32. The van der Waals surface area contributed by atoms with E-state index in [0.717, 1.165) is 37.3 Å². The first-order valence-corrected chi connectivity index (χ1v) is 7.68. The lowest BCUT2D eigenvalue weighted by Gasteiger charge is -2.19. The number of nitrogens with one attached hydrogen (secondary N) is 2. The minimum Gasteiger partial charge on any atom is -0.393 e. The van der Waals surface area contributed by atoms with Crippen molar-refractivity contribution < 1.29 is 4.79 Å². The molecule has 1 aromatic carbocycles. The highest BCUT2D eigenvalue weighted by atomic mass is 16.2. The number of carbonyl (C=O) groups is 1. The zero-order valence-electron chi connectivity index (χ0n) is 12.8. The maximum Gasteiger partial charge on any atom is 0.242 e. The Labute approximate surface area is 134 Å². The summed E-state index contributed by atoms with van der Waals surface area (Å²) in [5.41, 5.74) is 12.9. The van der Waals surface area contributed by atoms with Gasteiger partial charge in [0.2, 0.25) is 5.91 Å². The standard InChI is InChI=1S/C16H20N6O/c17-14-15(18-11-19-16(14)22-8-4-5-9-22)21-20-13(23)10-12-6-2-1-3-7-12/h1-3,6-7,11H,4-5,8-10,17H2,(H,20,23)(H,18,19,21). The van der Waals surface area contributed by atoms with Gasteiger partial charge in [-0.25, -0.2) is 9.97 Å². The Bertz CT molecular complexity index is 670. The third-order valence-corrected chi connectivity index (χ3v) is 3.80. The Balaban J connectivity index is 1.61. The van der Waals surface area contributed by atoms with Crippen molar-refractivity contribution in [1.29, 1.82) is 0 Å². The number of hydrogen-bond donors (Lipinski definition) is 3. The zero-order valence-corrected chi connectivity index (χ0v) is 12.8. The first kappa shape index (κ1) is 15.1. The number of nitrogen functional groups attached to an aromatic ring is 1. The molecule has 1 amide bonds. The Morgan fingerprint density at radius 2 is 1.91 bits per heavy atom. The normalized spacial score (nSPS) is 13.8. The van der Waals surface area contributed by atoms with E-state index in [9.17, 15) is 4.79 Å². The molecule has 2 aromatic rings. The van der Waals surface area contributed by atoms with Gasteiger partial charge >= 0.3 is 0 Å². The van der Waals surface area contributed by atoms with Crippen molar-refractivity contribution in [2.24, 2.45) is 0 Å². The molecule has 7 nitrogen and oxygen atoms in total. The van der Waals surface area contributed by atoms with E-state index in [1.54, 1.807) is 0 Å². The third-order valence-electron chi connectivity index (χ3n) is 3.80. The molecular formula is C16H20N6O. The maximum atomic E-state index is 12.0. The number of hydrazine groups is 1. The molecule has 0 aliphatic carbocycles. The third kappa shape index (κ3) is 3.68. The van der Waals surface area contributed by atoms with Crippen molar-refractivity contribution >= 4 is 23.2 Å². The molecule has 1 aliphatic rings. The number of amides is 1. The monoisotopic (exact) mass is 312 g/mol. The van der Waals surface area contributed by atoms with Crippen LogP contribution in [0.5, 0.6) is 0 Å². The molecule has 0 unspecified atom stereocenters. The maximum absolute atomic E-state index is 12.0. The van der Waals surface area contributed by atoms with E-state index in [1.165, 1.54) is 6.33 Å². The van der Waals surface area contributed by atoms with Gasteiger partial charge in [-0.1, -0.05) is 30.3 Å². The summed E-state index contributed by atoms with van der Waals surface area (Å²) in [4.78, 5) is 22.5. The van der Waals surface area contributed by atoms with Crippen LogP contribution in [-0.2, 0) is 11.2 Å². The fourth-order valence-electron chi connectivity index (χ4n) is 2.62. The molecule has 1 fully saturated rings. The summed E-state index contributed by atoms with van der Waals surface area (Å²) in [6.45, 7) is 1.89. The summed E-state index contributed by atoms with van der Waals surface area (Å²) >= 11 is 0. The predicted octanol–water partition coefficient (Wildman–Crippen LogP) is 1.34. The van der Waals surface area contributed by atoms with Crippen LogP contribution in [-0.4, -0.2) is 29.0 Å². The van der Waals surface area contributed by atoms with Gasteiger partial charge < -0.3 is 10.6 Å². The average molecular weight is 312 g/mol. The van der Waals surface area contributed by atoms with Crippen LogP contribution >= 0.6 is 0 Å². The molecule has 1 aromatic heterocycles. The SMILES string of the molecule is Nc1c(NNC(=O)Cc2ccccc2)ncnc1N1CCCC1. The Kier molecular flexibility index (Phi) is 4.56. The Hall–Kier alpha value is -2.83. The number of benzene rings is 1. The Morgan fingerprint density at radius 1 is 1.17 bits per heavy atom. The molecule has 0 spiro atoms. The molecule has 1 saturated heterocycles. The molecular weight excluding hydrogens is 292 g/mol. The second-order valence-electron chi connectivity index (χ2n) is 5.49. The quantitative estimate of drug-likeness (QED) is 0.721. The molecule has 0 bridgehead atoms. The molecule has 1 aliphatic heterocycles. The average Bonchev–Trinajstić information content (AvgIpc) is 3.09. The van der Waals surface area contributed by atoms with Gasteiger partial charge in [-0.05, 0) is 18.4 Å². The van der Waals surface area contributed by atoms with Crippen LogP contribution in [0, 0.1) is 0 Å². The molecule has 120 valence electrons. The molecule has 2 heterocycles. The largest absolute Gasteiger partial charge is 0.393 e. The molecule has 0 radical (unpaired) electrons. The molecule has 3 rings (SSSR count). The van der Waals surface area contributed by atoms with Crippen LogP contribution in [0.3, 0.4) is 0 Å². The first-order chi connectivity index (χ1) is 11.2. The Morgan fingerprint density at radius 3 is 2.65 bits per heavy atom. The number of nitrogens with zero attached hydrogens (tertiary/aromatic N) is 3. The summed E-state index contributed by atoms with van der Waals surface area (Å²) in [6, 6.07) is 9.54. The minimum atomic E-state index is -0.156. The molecule has 23 heavy (non-hydrogen) atoms. The van der Waals surface area contributed by atoms with E-state index >= 15 is 0 Å². The topological polar surface area (TPSA) is 96.2 Å². The van der Waals surface area contributed by atoms with Gasteiger partial charge in [-0.3, -0.25) is 15.6 Å². The van der Waals surface area contributed by atoms with Gasteiger partial charge in [-0.15, -0.1) is 0 Å². The smallest absolute Gasteiger partial charge is 0.242 e. The van der Waals surface area contributed by atoms with E-state index in [0.29, 0.717) is 11.5 Å². The van der Waals surface area contributed by atoms with E-state index in [1.807, 2.05) is 30.3 Å². The highest BCUT2D eigenvalue weighted by Crippen LogP contribution is 2.28. The van der Waals surface area contributed by atoms with Crippen LogP contribution in [0.15, 0.2) is 36.7 Å². The van der Waals surface area contributed by atoms with E-state index < -0.39 is 0 Å². The number of nitrogens with two attached hydrogens (primary N) is 1. The molecule has 0 saturated carbocycles. The van der Waals surface area contributed by atoms with Crippen molar-refractivity contribution in [3.8, 4) is 0 Å². The molecule has 7 heteroatoms. The van der Waals surface area contributed by atoms with Crippen LogP contribution in [0.1, 0.15) is 18.4 Å². The summed E-state index contributed by atoms with van der Waals surface area (Å²) in [6.07, 6.45) is 4.02.